The lowest BCUT2D eigenvalue weighted by Gasteiger charge is -2.20. The molecule has 3 rings (SSSR count). The summed E-state index contributed by atoms with van der Waals surface area (Å²) in [6, 6.07) is 14.7. The maximum absolute atomic E-state index is 12.8. The highest BCUT2D eigenvalue weighted by Crippen LogP contribution is 2.31. The lowest BCUT2D eigenvalue weighted by atomic mass is 10.0. The van der Waals surface area contributed by atoms with Crippen molar-refractivity contribution in [3.63, 3.8) is 0 Å². The van der Waals surface area contributed by atoms with Gasteiger partial charge in [0.05, 0.1) is 30.2 Å². The number of carbonyl (C=O) groups is 1. The number of alkyl halides is 3. The van der Waals surface area contributed by atoms with Crippen LogP contribution in [0.4, 0.5) is 24.5 Å². The van der Waals surface area contributed by atoms with Gasteiger partial charge in [-0.25, -0.2) is 8.42 Å². The molecule has 13 heteroatoms. The number of phenols is 1. The fraction of sp³-hybridized carbons (Fsp3) is 0.269. The van der Waals surface area contributed by atoms with Gasteiger partial charge in [-0.1, -0.05) is 24.3 Å². The molecule has 210 valence electrons. The monoisotopic (exact) mass is 567 g/mol. The second-order valence-electron chi connectivity index (χ2n) is 8.55. The van der Waals surface area contributed by atoms with Crippen LogP contribution in [-0.4, -0.2) is 73.1 Å². The molecule has 0 aliphatic carbocycles. The van der Waals surface area contributed by atoms with Crippen LogP contribution in [-0.2, 0) is 16.2 Å². The van der Waals surface area contributed by atoms with E-state index in [0.29, 0.717) is 11.1 Å². The van der Waals surface area contributed by atoms with Crippen molar-refractivity contribution in [3.8, 4) is 16.9 Å². The van der Waals surface area contributed by atoms with Gasteiger partial charge in [0.15, 0.2) is 0 Å². The number of sulfonamides is 1. The van der Waals surface area contributed by atoms with E-state index >= 15 is 0 Å². The normalized spacial score (nSPS) is 11.9. The molecule has 1 amide bonds. The number of amides is 1. The van der Waals surface area contributed by atoms with Crippen molar-refractivity contribution in [1.29, 1.82) is 0 Å². The van der Waals surface area contributed by atoms with Crippen LogP contribution < -0.4 is 10.0 Å². The summed E-state index contributed by atoms with van der Waals surface area (Å²) in [6.45, 7) is 0.0139. The van der Waals surface area contributed by atoms with Gasteiger partial charge in [0.25, 0.3) is 5.91 Å². The number of aliphatic hydroxyl groups is 2. The second-order valence-corrected chi connectivity index (χ2v) is 10.4. The smallest absolute Gasteiger partial charge is 0.416 e. The minimum absolute atomic E-state index is 0.0378. The first-order valence-corrected chi connectivity index (χ1v) is 13.4. The molecule has 0 aromatic heterocycles. The van der Waals surface area contributed by atoms with Crippen LogP contribution in [0.15, 0.2) is 66.7 Å². The molecule has 0 unspecified atom stereocenters. The van der Waals surface area contributed by atoms with E-state index in [0.717, 1.165) is 12.1 Å². The van der Waals surface area contributed by atoms with Gasteiger partial charge in [-0.05, 0) is 53.6 Å². The number of anilines is 2. The molecule has 0 saturated heterocycles. The number of aromatic hydroxyl groups is 1. The quantitative estimate of drug-likeness (QED) is 0.167. The predicted octanol–water partition coefficient (Wildman–Crippen LogP) is 3.36. The number of hydrogen-bond donors (Lipinski definition) is 5. The highest BCUT2D eigenvalue weighted by molar-refractivity contribution is 7.92. The molecular formula is C26H28F3N3O6S. The molecule has 0 spiro atoms. The third kappa shape index (κ3) is 8.68. The predicted molar refractivity (Wildman–Crippen MR) is 141 cm³/mol. The molecule has 3 aromatic carbocycles. The maximum atomic E-state index is 12.8. The Kier molecular flexibility index (Phi) is 9.92. The number of hydrogen-bond acceptors (Lipinski definition) is 7. The summed E-state index contributed by atoms with van der Waals surface area (Å²) in [7, 11) is -3.92. The number of carbonyl (C=O) groups excluding carboxylic acids is 1. The van der Waals surface area contributed by atoms with Crippen LogP contribution in [0, 0.1) is 0 Å². The van der Waals surface area contributed by atoms with Crippen molar-refractivity contribution in [2.24, 2.45) is 0 Å². The fourth-order valence-electron chi connectivity index (χ4n) is 3.65. The Morgan fingerprint density at radius 1 is 0.846 bits per heavy atom. The average molecular weight is 568 g/mol. The number of aliphatic hydroxyl groups excluding tert-OH is 2. The van der Waals surface area contributed by atoms with E-state index in [1.165, 1.54) is 42.5 Å². The van der Waals surface area contributed by atoms with Crippen LogP contribution in [0.25, 0.3) is 11.1 Å². The average Bonchev–Trinajstić information content (AvgIpc) is 2.89. The number of phenolic OH excluding ortho intramolecular Hbond substituents is 1. The summed E-state index contributed by atoms with van der Waals surface area (Å²) in [4.78, 5) is 14.3. The minimum atomic E-state index is -4.43. The lowest BCUT2D eigenvalue weighted by molar-refractivity contribution is -0.137. The Balaban J connectivity index is 1.66. The summed E-state index contributed by atoms with van der Waals surface area (Å²) >= 11 is 0. The second kappa shape index (κ2) is 12.9. The van der Waals surface area contributed by atoms with Crippen LogP contribution in [0.5, 0.6) is 5.75 Å². The first-order valence-electron chi connectivity index (χ1n) is 11.8. The summed E-state index contributed by atoms with van der Waals surface area (Å²) in [6.07, 6.45) is -4.43. The first-order chi connectivity index (χ1) is 18.4. The lowest BCUT2D eigenvalue weighted by Crippen LogP contribution is -2.35. The Morgan fingerprint density at radius 3 is 1.95 bits per heavy atom. The van der Waals surface area contributed by atoms with E-state index in [-0.39, 0.29) is 61.3 Å². The summed E-state index contributed by atoms with van der Waals surface area (Å²) < 4.78 is 65.6. The SMILES string of the molecule is O=C(Nc1ccc(O)c(NS(=O)(=O)CCN(CCO)CCO)c1)c1ccc(-c2ccc(C(F)(F)F)cc2)cc1. The molecular weight excluding hydrogens is 539 g/mol. The van der Waals surface area contributed by atoms with Crippen LogP contribution in [0.2, 0.25) is 0 Å². The third-order valence-electron chi connectivity index (χ3n) is 5.72. The summed E-state index contributed by atoms with van der Waals surface area (Å²) in [5.74, 6) is -1.26. The highest BCUT2D eigenvalue weighted by atomic mass is 32.2. The maximum Gasteiger partial charge on any atom is 0.416 e. The number of nitrogens with zero attached hydrogens (tertiary/aromatic N) is 1. The zero-order valence-corrected chi connectivity index (χ0v) is 21.5. The Morgan fingerprint density at radius 2 is 1.41 bits per heavy atom. The molecule has 5 N–H and O–H groups in total. The molecule has 0 fully saturated rings. The first kappa shape index (κ1) is 29.9. The van der Waals surface area contributed by atoms with E-state index in [4.69, 9.17) is 10.2 Å². The van der Waals surface area contributed by atoms with Gasteiger partial charge < -0.3 is 20.6 Å². The topological polar surface area (TPSA) is 139 Å². The van der Waals surface area contributed by atoms with Gasteiger partial charge in [0.1, 0.15) is 5.75 Å². The molecule has 0 radical (unpaired) electrons. The summed E-state index contributed by atoms with van der Waals surface area (Å²) in [5.41, 5.74) is 0.683. The highest BCUT2D eigenvalue weighted by Gasteiger charge is 2.30. The van der Waals surface area contributed by atoms with E-state index in [9.17, 15) is 31.5 Å². The molecule has 9 nitrogen and oxygen atoms in total. The Hall–Kier alpha value is -3.65. The van der Waals surface area contributed by atoms with Gasteiger partial charge >= 0.3 is 6.18 Å². The minimum Gasteiger partial charge on any atom is -0.506 e. The Bertz CT molecular complexity index is 1360. The zero-order chi connectivity index (χ0) is 28.6. The van der Waals surface area contributed by atoms with E-state index in [1.54, 1.807) is 17.0 Å². The zero-order valence-electron chi connectivity index (χ0n) is 20.6. The van der Waals surface area contributed by atoms with E-state index in [1.807, 2.05) is 0 Å². The van der Waals surface area contributed by atoms with Gasteiger partial charge in [-0.15, -0.1) is 0 Å². The van der Waals surface area contributed by atoms with Crippen molar-refractivity contribution in [1.82, 2.24) is 4.90 Å². The third-order valence-corrected chi connectivity index (χ3v) is 6.97. The van der Waals surface area contributed by atoms with Crippen molar-refractivity contribution in [2.75, 3.05) is 48.6 Å². The molecule has 3 aromatic rings. The largest absolute Gasteiger partial charge is 0.506 e. The number of halogens is 3. The van der Waals surface area contributed by atoms with Gasteiger partial charge in [0.2, 0.25) is 10.0 Å². The van der Waals surface area contributed by atoms with Gasteiger partial charge in [0, 0.05) is 30.9 Å². The number of rotatable bonds is 12. The Labute approximate surface area is 223 Å². The number of nitrogens with one attached hydrogen (secondary N) is 2. The summed E-state index contributed by atoms with van der Waals surface area (Å²) in [5, 5.41) is 30.8. The molecule has 0 saturated carbocycles. The van der Waals surface area contributed by atoms with Crippen molar-refractivity contribution >= 4 is 27.3 Å². The van der Waals surface area contributed by atoms with Crippen LogP contribution in [0.3, 0.4) is 0 Å². The van der Waals surface area contributed by atoms with Crippen molar-refractivity contribution < 1.29 is 41.7 Å². The number of benzene rings is 3. The van der Waals surface area contributed by atoms with Crippen molar-refractivity contribution in [3.05, 3.63) is 77.9 Å². The van der Waals surface area contributed by atoms with E-state index < -0.39 is 27.7 Å². The molecule has 0 atom stereocenters. The molecule has 0 bridgehead atoms. The van der Waals surface area contributed by atoms with E-state index in [2.05, 4.69) is 10.0 Å². The molecule has 0 aliphatic rings. The van der Waals surface area contributed by atoms with Gasteiger partial charge in [-0.3, -0.25) is 14.4 Å². The van der Waals surface area contributed by atoms with Crippen molar-refractivity contribution in [2.45, 2.75) is 6.18 Å². The van der Waals surface area contributed by atoms with Gasteiger partial charge in [-0.2, -0.15) is 13.2 Å². The fourth-order valence-corrected chi connectivity index (χ4v) is 4.75. The molecule has 39 heavy (non-hydrogen) atoms. The van der Waals surface area contributed by atoms with Crippen LogP contribution >= 0.6 is 0 Å². The van der Waals surface area contributed by atoms with Crippen LogP contribution in [0.1, 0.15) is 15.9 Å². The molecule has 0 heterocycles. The standard InChI is InChI=1S/C26H28F3N3O6S/c27-26(28,29)21-7-5-19(6-8-21)18-1-3-20(4-2-18)25(36)30-22-9-10-24(35)23(17-22)31-39(37,38)16-13-32(11-14-33)12-15-34/h1-10,17,31,33-35H,11-16H2,(H,30,36). The molecule has 0 aliphatic heterocycles.